The van der Waals surface area contributed by atoms with E-state index in [1.54, 1.807) is 4.90 Å². The van der Waals surface area contributed by atoms with Crippen LogP contribution in [0.4, 0.5) is 0 Å². The SMILES string of the molecule is CCCNC[C@H](N)C(=O)N1C(C)CC[C@H]1C(=O)OC. The number of rotatable bonds is 6. The van der Waals surface area contributed by atoms with Crippen molar-refractivity contribution in [3.05, 3.63) is 0 Å². The van der Waals surface area contributed by atoms with Gasteiger partial charge >= 0.3 is 5.97 Å². The minimum absolute atomic E-state index is 0.0359. The second-order valence-electron chi connectivity index (χ2n) is 5.02. The number of hydrogen-bond donors (Lipinski definition) is 2. The number of hydrogen-bond acceptors (Lipinski definition) is 5. The van der Waals surface area contributed by atoms with Crippen molar-refractivity contribution in [1.29, 1.82) is 0 Å². The van der Waals surface area contributed by atoms with Crippen molar-refractivity contribution in [1.82, 2.24) is 10.2 Å². The highest BCUT2D eigenvalue weighted by atomic mass is 16.5. The van der Waals surface area contributed by atoms with Crippen molar-refractivity contribution in [2.75, 3.05) is 20.2 Å². The lowest BCUT2D eigenvalue weighted by atomic mass is 10.2. The molecule has 0 spiro atoms. The van der Waals surface area contributed by atoms with Crippen LogP contribution in [0.3, 0.4) is 0 Å². The summed E-state index contributed by atoms with van der Waals surface area (Å²) in [7, 11) is 1.34. The Morgan fingerprint density at radius 1 is 1.47 bits per heavy atom. The normalized spacial score (nSPS) is 24.3. The molecule has 6 nitrogen and oxygen atoms in total. The van der Waals surface area contributed by atoms with Crippen molar-refractivity contribution in [2.24, 2.45) is 5.73 Å². The predicted molar refractivity (Wildman–Crippen MR) is 72.5 cm³/mol. The van der Waals surface area contributed by atoms with E-state index in [1.807, 2.05) is 6.92 Å². The number of ether oxygens (including phenoxy) is 1. The molecule has 0 aromatic rings. The van der Waals surface area contributed by atoms with E-state index in [0.717, 1.165) is 19.4 Å². The Labute approximate surface area is 114 Å². The monoisotopic (exact) mass is 271 g/mol. The van der Waals surface area contributed by atoms with Crippen LogP contribution in [-0.2, 0) is 14.3 Å². The Balaban J connectivity index is 2.63. The van der Waals surface area contributed by atoms with Crippen LogP contribution < -0.4 is 11.1 Å². The quantitative estimate of drug-likeness (QED) is 0.519. The number of amides is 1. The molecule has 1 aliphatic rings. The summed E-state index contributed by atoms with van der Waals surface area (Å²) in [5.41, 5.74) is 5.90. The predicted octanol–water partition coefficient (Wildman–Crippen LogP) is -0.134. The molecular weight excluding hydrogens is 246 g/mol. The number of nitrogens with zero attached hydrogens (tertiary/aromatic N) is 1. The van der Waals surface area contributed by atoms with Gasteiger partial charge in [0.25, 0.3) is 0 Å². The van der Waals surface area contributed by atoms with Crippen LogP contribution in [0, 0.1) is 0 Å². The van der Waals surface area contributed by atoms with Crippen LogP contribution in [0.2, 0.25) is 0 Å². The van der Waals surface area contributed by atoms with Crippen molar-refractivity contribution in [3.8, 4) is 0 Å². The van der Waals surface area contributed by atoms with E-state index in [2.05, 4.69) is 12.2 Å². The van der Waals surface area contributed by atoms with Gasteiger partial charge in [0.1, 0.15) is 6.04 Å². The van der Waals surface area contributed by atoms with E-state index in [1.165, 1.54) is 7.11 Å². The molecule has 0 radical (unpaired) electrons. The molecule has 1 heterocycles. The highest BCUT2D eigenvalue weighted by Crippen LogP contribution is 2.25. The van der Waals surface area contributed by atoms with E-state index < -0.39 is 12.1 Å². The summed E-state index contributed by atoms with van der Waals surface area (Å²) < 4.78 is 4.75. The minimum atomic E-state index is -0.612. The third-order valence-electron chi connectivity index (χ3n) is 3.50. The highest BCUT2D eigenvalue weighted by molar-refractivity contribution is 5.88. The second-order valence-corrected chi connectivity index (χ2v) is 5.02. The average Bonchev–Trinajstić information content (AvgIpc) is 2.79. The molecule has 0 aromatic heterocycles. The Bertz CT molecular complexity index is 322. The molecule has 1 saturated heterocycles. The van der Waals surface area contributed by atoms with Crippen LogP contribution in [0.25, 0.3) is 0 Å². The summed E-state index contributed by atoms with van der Waals surface area (Å²) in [6, 6.07) is -1.06. The molecule has 19 heavy (non-hydrogen) atoms. The fourth-order valence-electron chi connectivity index (χ4n) is 2.44. The molecule has 1 rings (SSSR count). The van der Waals surface area contributed by atoms with Crippen molar-refractivity contribution in [3.63, 3.8) is 0 Å². The molecule has 1 unspecified atom stereocenters. The molecule has 1 aliphatic heterocycles. The zero-order chi connectivity index (χ0) is 14.4. The van der Waals surface area contributed by atoms with Crippen LogP contribution in [0.1, 0.15) is 33.1 Å². The lowest BCUT2D eigenvalue weighted by Crippen LogP contribution is -2.54. The zero-order valence-corrected chi connectivity index (χ0v) is 12.0. The second kappa shape index (κ2) is 7.45. The van der Waals surface area contributed by atoms with Gasteiger partial charge in [0.2, 0.25) is 5.91 Å². The third kappa shape index (κ3) is 3.91. The zero-order valence-electron chi connectivity index (χ0n) is 12.0. The maximum atomic E-state index is 12.3. The topological polar surface area (TPSA) is 84.7 Å². The third-order valence-corrected chi connectivity index (χ3v) is 3.50. The van der Waals surface area contributed by atoms with E-state index in [-0.39, 0.29) is 17.9 Å². The molecule has 6 heteroatoms. The fourth-order valence-corrected chi connectivity index (χ4v) is 2.44. The van der Waals surface area contributed by atoms with Gasteiger partial charge in [0.05, 0.1) is 13.2 Å². The largest absolute Gasteiger partial charge is 0.467 e. The van der Waals surface area contributed by atoms with Gasteiger partial charge < -0.3 is 20.7 Å². The van der Waals surface area contributed by atoms with E-state index >= 15 is 0 Å². The van der Waals surface area contributed by atoms with Crippen LogP contribution in [-0.4, -0.2) is 55.1 Å². The van der Waals surface area contributed by atoms with Crippen molar-refractivity contribution >= 4 is 11.9 Å². The summed E-state index contributed by atoms with van der Waals surface area (Å²) in [6.07, 6.45) is 2.45. The maximum Gasteiger partial charge on any atom is 0.328 e. The van der Waals surface area contributed by atoms with Crippen molar-refractivity contribution < 1.29 is 14.3 Å². The Hall–Kier alpha value is -1.14. The van der Waals surface area contributed by atoms with E-state index in [4.69, 9.17) is 10.5 Å². The first-order chi connectivity index (χ1) is 9.02. The van der Waals surface area contributed by atoms with Crippen LogP contribution >= 0.6 is 0 Å². The first kappa shape index (κ1) is 15.9. The molecule has 1 fully saturated rings. The van der Waals surface area contributed by atoms with Crippen molar-refractivity contribution in [2.45, 2.75) is 51.2 Å². The summed E-state index contributed by atoms with van der Waals surface area (Å²) in [5, 5.41) is 3.12. The Morgan fingerprint density at radius 3 is 2.74 bits per heavy atom. The van der Waals surface area contributed by atoms with Gasteiger partial charge in [-0.05, 0) is 32.7 Å². The molecule has 1 amide bonds. The smallest absolute Gasteiger partial charge is 0.328 e. The standard InChI is InChI=1S/C13H25N3O3/c1-4-7-15-8-10(14)12(17)16-9(2)5-6-11(16)13(18)19-3/h9-11,15H,4-8,14H2,1-3H3/t9?,10-,11-/m0/s1. The first-order valence-corrected chi connectivity index (χ1v) is 6.89. The number of carbonyl (C=O) groups is 2. The van der Waals surface area contributed by atoms with Gasteiger partial charge in [-0.15, -0.1) is 0 Å². The molecule has 0 bridgehead atoms. The van der Waals surface area contributed by atoms with Gasteiger partial charge in [-0.1, -0.05) is 6.92 Å². The van der Waals surface area contributed by atoms with Gasteiger partial charge in [0, 0.05) is 12.6 Å². The summed E-state index contributed by atoms with van der Waals surface area (Å²) >= 11 is 0. The number of likely N-dealkylation sites (tertiary alicyclic amines) is 1. The number of carbonyl (C=O) groups excluding carboxylic acids is 2. The Kier molecular flexibility index (Phi) is 6.24. The minimum Gasteiger partial charge on any atom is -0.467 e. The first-order valence-electron chi connectivity index (χ1n) is 6.89. The summed E-state index contributed by atoms with van der Waals surface area (Å²) in [5.74, 6) is -0.532. The van der Waals surface area contributed by atoms with Gasteiger partial charge in [-0.2, -0.15) is 0 Å². The molecule has 0 saturated carbocycles. The molecule has 110 valence electrons. The molecule has 0 aromatic carbocycles. The van der Waals surface area contributed by atoms with Gasteiger partial charge in [-0.25, -0.2) is 4.79 Å². The highest BCUT2D eigenvalue weighted by Gasteiger charge is 2.40. The fraction of sp³-hybridized carbons (Fsp3) is 0.846. The van der Waals surface area contributed by atoms with Gasteiger partial charge in [-0.3, -0.25) is 4.79 Å². The lowest BCUT2D eigenvalue weighted by Gasteiger charge is -2.29. The van der Waals surface area contributed by atoms with Crippen LogP contribution in [0.5, 0.6) is 0 Å². The molecule has 3 N–H and O–H groups in total. The number of esters is 1. The average molecular weight is 271 g/mol. The van der Waals surface area contributed by atoms with Crippen LogP contribution in [0.15, 0.2) is 0 Å². The summed E-state index contributed by atoms with van der Waals surface area (Å²) in [6.45, 7) is 5.25. The molecular formula is C13H25N3O3. The van der Waals surface area contributed by atoms with E-state index in [0.29, 0.717) is 13.0 Å². The number of nitrogens with one attached hydrogen (secondary N) is 1. The summed E-state index contributed by atoms with van der Waals surface area (Å²) in [4.78, 5) is 25.6. The lowest BCUT2D eigenvalue weighted by molar-refractivity contribution is -0.152. The van der Waals surface area contributed by atoms with Gasteiger partial charge in [0.15, 0.2) is 0 Å². The maximum absolute atomic E-state index is 12.3. The van der Waals surface area contributed by atoms with E-state index in [9.17, 15) is 9.59 Å². The number of methoxy groups -OCH3 is 1. The Morgan fingerprint density at radius 2 is 2.16 bits per heavy atom. The number of nitrogens with two attached hydrogens (primary N) is 1. The molecule has 3 atom stereocenters. The molecule has 0 aliphatic carbocycles.